The Hall–Kier alpha value is -0.920. The number of halogens is 5. The molecule has 2 rings (SSSR count). The molecule has 1 aliphatic heterocycles. The first-order valence-electron chi connectivity index (χ1n) is 7.98. The fraction of sp³-hybridized carbons (Fsp3) is 0.600. The number of nitrogens with one attached hydrogen (secondary N) is 1. The normalized spacial score (nSPS) is 29.5. The lowest BCUT2D eigenvalue weighted by Gasteiger charge is -2.31. The minimum Gasteiger partial charge on any atom is -0.386 e. The molecule has 0 spiro atoms. The van der Waals surface area contributed by atoms with Gasteiger partial charge in [0, 0.05) is 0 Å². The molecule has 0 radical (unpaired) electrons. The Morgan fingerprint density at radius 3 is 2.24 bits per heavy atom. The van der Waals surface area contributed by atoms with Crippen LogP contribution in [0.5, 0.6) is 0 Å². The summed E-state index contributed by atoms with van der Waals surface area (Å²) in [7, 11) is -17.7. The van der Waals surface area contributed by atoms with Crippen molar-refractivity contribution in [2.75, 3.05) is 6.61 Å². The molecule has 1 aromatic heterocycles. The van der Waals surface area contributed by atoms with Crippen LogP contribution in [-0.4, -0.2) is 64.9 Å². The van der Waals surface area contributed by atoms with Crippen LogP contribution in [0.15, 0.2) is 11.0 Å². The van der Waals surface area contributed by atoms with Crippen molar-refractivity contribution in [1.82, 2.24) is 9.55 Å². The first kappa shape index (κ1) is 29.3. The van der Waals surface area contributed by atoms with Crippen LogP contribution in [0.25, 0.3) is 0 Å². The summed E-state index contributed by atoms with van der Waals surface area (Å²) in [5.74, 6) is -1.49. The number of alkyl halides is 4. The zero-order valence-corrected chi connectivity index (χ0v) is 19.1. The van der Waals surface area contributed by atoms with Crippen LogP contribution in [0.3, 0.4) is 0 Å². The summed E-state index contributed by atoms with van der Waals surface area (Å²) in [5, 5.41) is 9.89. The molecular weight excluding hydrogens is 576 g/mol. The molecule has 1 fully saturated rings. The highest BCUT2D eigenvalue weighted by atomic mass is 32.1. The molecule has 24 heteroatoms. The highest BCUT2D eigenvalue weighted by molar-refractivity contribution is 7.71. The van der Waals surface area contributed by atoms with Crippen LogP contribution in [0.2, 0.25) is 0 Å². The Morgan fingerprint density at radius 1 is 1.18 bits per heavy atom. The number of rotatable bonds is 8. The number of hydrogen-bond acceptors (Lipinski definition) is 10. The number of H-pyrrole nitrogens is 1. The summed E-state index contributed by atoms with van der Waals surface area (Å²) >= 11 is 4.37. The molecule has 15 nitrogen and oxygen atoms in total. The Bertz CT molecular complexity index is 1200. The number of ether oxygens (including phenoxy) is 1. The van der Waals surface area contributed by atoms with Gasteiger partial charge in [-0.15, -0.1) is 0 Å². The minimum absolute atomic E-state index is 0.0311. The second-order valence-electron chi connectivity index (χ2n) is 6.27. The van der Waals surface area contributed by atoms with E-state index >= 15 is 4.39 Å². The maximum Gasteiger partial charge on any atom is 0.490 e. The number of nitrogens with zero attached hydrogens (tertiary/aromatic N) is 1. The quantitative estimate of drug-likeness (QED) is 0.141. The molecule has 2 heterocycles. The van der Waals surface area contributed by atoms with Gasteiger partial charge in [-0.2, -0.15) is 21.8 Å². The lowest BCUT2D eigenvalue weighted by Crippen LogP contribution is -2.55. The van der Waals surface area contributed by atoms with E-state index in [9.17, 15) is 46.1 Å². The summed E-state index contributed by atoms with van der Waals surface area (Å²) in [6.45, 7) is -1.71. The highest BCUT2D eigenvalue weighted by Crippen LogP contribution is 2.66. The Morgan fingerprint density at radius 2 is 1.74 bits per heavy atom. The van der Waals surface area contributed by atoms with Gasteiger partial charge >= 0.3 is 35.3 Å². The van der Waals surface area contributed by atoms with Gasteiger partial charge in [0.1, 0.15) is 16.8 Å². The molecule has 196 valence electrons. The van der Waals surface area contributed by atoms with Crippen molar-refractivity contribution >= 4 is 35.7 Å². The maximum absolute atomic E-state index is 15.1. The van der Waals surface area contributed by atoms with Crippen LogP contribution >= 0.6 is 35.7 Å². The molecule has 4 unspecified atom stereocenters. The molecule has 1 saturated heterocycles. The Kier molecular flexibility index (Phi) is 8.20. The van der Waals surface area contributed by atoms with Crippen molar-refractivity contribution < 1.29 is 78.2 Å². The fourth-order valence-corrected chi connectivity index (χ4v) is 5.74. The molecular formula is C10H12F5N2O13P3S. The van der Waals surface area contributed by atoms with Crippen LogP contribution in [0.1, 0.15) is 6.23 Å². The highest BCUT2D eigenvalue weighted by Gasteiger charge is 2.73. The van der Waals surface area contributed by atoms with Crippen LogP contribution in [0.4, 0.5) is 22.0 Å². The molecule has 0 bridgehead atoms. The second kappa shape index (κ2) is 9.51. The summed E-state index contributed by atoms with van der Waals surface area (Å²) in [5.41, 5.74) is -6.45. The number of aromatic amines is 1. The average molecular weight is 588 g/mol. The maximum atomic E-state index is 15.1. The predicted octanol–water partition coefficient (Wildman–Crippen LogP) is 0.917. The van der Waals surface area contributed by atoms with Crippen molar-refractivity contribution in [3.8, 4) is 0 Å². The number of phosphoric acid groups is 3. The molecule has 0 saturated carbocycles. The molecule has 0 aliphatic carbocycles. The predicted molar refractivity (Wildman–Crippen MR) is 95.5 cm³/mol. The molecule has 1 aromatic rings. The van der Waals surface area contributed by atoms with E-state index in [4.69, 9.17) is 14.7 Å². The van der Waals surface area contributed by atoms with Crippen molar-refractivity contribution in [2.45, 2.75) is 30.3 Å². The number of aromatic nitrogens is 2. The third-order valence-corrected chi connectivity index (χ3v) is 7.97. The summed E-state index contributed by atoms with van der Waals surface area (Å²) in [6, 6.07) is 0. The minimum atomic E-state index is -6.00. The van der Waals surface area contributed by atoms with Crippen molar-refractivity contribution in [1.29, 1.82) is 0 Å². The fourth-order valence-electron chi connectivity index (χ4n) is 2.57. The van der Waals surface area contributed by atoms with Gasteiger partial charge in [0.15, 0.2) is 12.0 Å². The molecule has 6 N–H and O–H groups in total. The number of hydrogen-bond donors (Lipinski definition) is 6. The van der Waals surface area contributed by atoms with Crippen LogP contribution in [0, 0.1) is 10.5 Å². The van der Waals surface area contributed by atoms with E-state index < -0.39 is 76.5 Å². The summed E-state index contributed by atoms with van der Waals surface area (Å²) in [6.07, 6.45) is -15.0. The number of aliphatic hydroxyl groups excluding tert-OH is 1. The van der Waals surface area contributed by atoms with E-state index in [1.165, 1.54) is 0 Å². The van der Waals surface area contributed by atoms with Gasteiger partial charge in [-0.25, -0.2) is 27.3 Å². The standard InChI is InChI=1S/C10H12F5N2O13P3S/c11-3-1-17(8(19)16-6(3)34)7-9(12,10(13,14)15)5(18)4(28-7)2-27-32(23,24)30-33(25,26)29-31(20,21)22/h1,4-5,7,18H,2H2,(H,23,24)(H,25,26)(H,16,19,34)(H2,20,21,22)/t4-,5?,7-,9?/m1/s1. The first-order chi connectivity index (χ1) is 15.1. The monoisotopic (exact) mass is 588 g/mol. The van der Waals surface area contributed by atoms with E-state index in [1.807, 2.05) is 0 Å². The average Bonchev–Trinajstić information content (AvgIpc) is 2.85. The summed E-state index contributed by atoms with van der Waals surface area (Å²) in [4.78, 5) is 48.7. The Balaban J connectivity index is 2.33. The third-order valence-electron chi connectivity index (χ3n) is 3.87. The van der Waals surface area contributed by atoms with Gasteiger partial charge in [0.05, 0.1) is 12.8 Å². The summed E-state index contributed by atoms with van der Waals surface area (Å²) < 4.78 is 117. The van der Waals surface area contributed by atoms with Crippen LogP contribution < -0.4 is 5.69 Å². The number of aliphatic hydroxyl groups is 1. The molecule has 6 atom stereocenters. The van der Waals surface area contributed by atoms with Crippen molar-refractivity contribution in [3.05, 3.63) is 27.1 Å². The second-order valence-corrected chi connectivity index (χ2v) is 11.1. The van der Waals surface area contributed by atoms with Gasteiger partial charge in [0.2, 0.25) is 0 Å². The van der Waals surface area contributed by atoms with E-state index in [-0.39, 0.29) is 10.8 Å². The van der Waals surface area contributed by atoms with Gasteiger partial charge in [-0.3, -0.25) is 14.1 Å². The van der Waals surface area contributed by atoms with Crippen molar-refractivity contribution in [2.24, 2.45) is 0 Å². The smallest absolute Gasteiger partial charge is 0.386 e. The lowest BCUT2D eigenvalue weighted by molar-refractivity contribution is -0.274. The van der Waals surface area contributed by atoms with Gasteiger partial charge in [-0.1, -0.05) is 12.2 Å². The van der Waals surface area contributed by atoms with E-state index in [2.05, 4.69) is 30.1 Å². The van der Waals surface area contributed by atoms with Crippen LogP contribution in [-0.2, 0) is 31.6 Å². The molecule has 1 aliphatic rings. The zero-order chi connectivity index (χ0) is 26.5. The third kappa shape index (κ3) is 6.44. The SMILES string of the molecule is O=c1[nH]c(=S)c(F)cn1[C@@H]1O[C@H](COP(=O)(O)OP(=O)(O)OP(=O)(O)O)C(O)C1(F)C(F)(F)F. The van der Waals surface area contributed by atoms with Gasteiger partial charge < -0.3 is 29.4 Å². The largest absolute Gasteiger partial charge is 0.490 e. The number of phosphoric ester groups is 1. The first-order valence-corrected chi connectivity index (χ1v) is 12.9. The van der Waals surface area contributed by atoms with Gasteiger partial charge in [-0.05, 0) is 0 Å². The lowest BCUT2D eigenvalue weighted by atomic mass is 9.95. The van der Waals surface area contributed by atoms with Crippen molar-refractivity contribution in [3.63, 3.8) is 0 Å². The van der Waals surface area contributed by atoms with Gasteiger partial charge in [0.25, 0.3) is 5.67 Å². The molecule has 34 heavy (non-hydrogen) atoms. The van der Waals surface area contributed by atoms with E-state index in [0.29, 0.717) is 0 Å². The Labute approximate surface area is 188 Å². The molecule has 0 aromatic carbocycles. The van der Waals surface area contributed by atoms with E-state index in [0.717, 1.165) is 0 Å². The topological polar surface area (TPSA) is 227 Å². The molecule has 0 amide bonds. The zero-order valence-electron chi connectivity index (χ0n) is 15.6. The van der Waals surface area contributed by atoms with E-state index in [1.54, 1.807) is 4.98 Å².